The van der Waals surface area contributed by atoms with E-state index < -0.39 is 0 Å². The van der Waals surface area contributed by atoms with Crippen LogP contribution in [0.25, 0.3) is 0 Å². The Labute approximate surface area is 120 Å². The lowest BCUT2D eigenvalue weighted by atomic mass is 9.96. The number of ether oxygens (including phenoxy) is 1. The molecule has 0 aliphatic heterocycles. The van der Waals surface area contributed by atoms with Crippen molar-refractivity contribution in [2.45, 2.75) is 26.7 Å². The third kappa shape index (κ3) is 3.27. The van der Waals surface area contributed by atoms with E-state index >= 15 is 0 Å². The van der Waals surface area contributed by atoms with Crippen LogP contribution in [0.3, 0.4) is 0 Å². The monoisotopic (exact) mass is 268 g/mol. The second kappa shape index (κ2) is 6.38. The van der Waals surface area contributed by atoms with Gasteiger partial charge < -0.3 is 4.74 Å². The number of Topliss-reactive ketones (excluding diaryl/α,β-unsaturated/α-hetero) is 1. The molecule has 0 bridgehead atoms. The van der Waals surface area contributed by atoms with Gasteiger partial charge in [0.2, 0.25) is 0 Å². The molecule has 0 unspecified atom stereocenters. The highest BCUT2D eigenvalue weighted by molar-refractivity contribution is 5.96. The summed E-state index contributed by atoms with van der Waals surface area (Å²) in [7, 11) is 1.61. The van der Waals surface area contributed by atoms with E-state index in [0.29, 0.717) is 6.42 Å². The summed E-state index contributed by atoms with van der Waals surface area (Å²) in [6.45, 7) is 4.19. The minimum absolute atomic E-state index is 0.159. The predicted octanol–water partition coefficient (Wildman–Crippen LogP) is 4.13. The highest BCUT2D eigenvalue weighted by atomic mass is 16.5. The zero-order valence-electron chi connectivity index (χ0n) is 12.3. The Morgan fingerprint density at radius 2 is 1.70 bits per heavy atom. The van der Waals surface area contributed by atoms with Crippen LogP contribution in [0.15, 0.2) is 42.5 Å². The van der Waals surface area contributed by atoms with Gasteiger partial charge in [-0.15, -0.1) is 0 Å². The third-order valence-corrected chi connectivity index (χ3v) is 3.64. The predicted molar refractivity (Wildman–Crippen MR) is 81.6 cm³/mol. The van der Waals surface area contributed by atoms with E-state index in [9.17, 15) is 4.79 Å². The molecule has 2 heteroatoms. The molecule has 2 rings (SSSR count). The Morgan fingerprint density at radius 1 is 1.05 bits per heavy atom. The Hall–Kier alpha value is -2.09. The van der Waals surface area contributed by atoms with Gasteiger partial charge in [0.15, 0.2) is 5.78 Å². The Balaban J connectivity index is 2.09. The van der Waals surface area contributed by atoms with Gasteiger partial charge in [-0.25, -0.2) is 0 Å². The Kier molecular flexibility index (Phi) is 4.57. The van der Waals surface area contributed by atoms with Crippen LogP contribution in [0.4, 0.5) is 0 Å². The zero-order chi connectivity index (χ0) is 14.5. The summed E-state index contributed by atoms with van der Waals surface area (Å²) in [6.07, 6.45) is 1.31. The summed E-state index contributed by atoms with van der Waals surface area (Å²) in [5.41, 5.74) is 4.51. The zero-order valence-corrected chi connectivity index (χ0v) is 12.3. The van der Waals surface area contributed by atoms with Gasteiger partial charge in [-0.3, -0.25) is 4.79 Å². The van der Waals surface area contributed by atoms with Crippen molar-refractivity contribution < 1.29 is 9.53 Å². The normalized spacial score (nSPS) is 10.3. The van der Waals surface area contributed by atoms with Crippen LogP contribution in [0.1, 0.15) is 33.5 Å². The molecule has 104 valence electrons. The summed E-state index contributed by atoms with van der Waals surface area (Å²) < 4.78 is 5.15. The molecule has 0 N–H and O–H groups in total. The van der Waals surface area contributed by atoms with Crippen molar-refractivity contribution in [2.75, 3.05) is 7.11 Å². The fourth-order valence-corrected chi connectivity index (χ4v) is 2.42. The van der Waals surface area contributed by atoms with Crippen LogP contribution in [0.2, 0.25) is 0 Å². The summed E-state index contributed by atoms with van der Waals surface area (Å²) in [5.74, 6) is 0.884. The molecule has 0 aromatic heterocycles. The first-order valence-corrected chi connectivity index (χ1v) is 6.84. The van der Waals surface area contributed by atoms with Crippen LogP contribution in [0.5, 0.6) is 5.75 Å². The summed E-state index contributed by atoms with van der Waals surface area (Å²) >= 11 is 0. The average molecular weight is 268 g/mol. The van der Waals surface area contributed by atoms with Crippen molar-refractivity contribution in [3.05, 3.63) is 64.7 Å². The van der Waals surface area contributed by atoms with E-state index in [0.717, 1.165) is 17.7 Å². The van der Waals surface area contributed by atoms with Gasteiger partial charge in [-0.2, -0.15) is 0 Å². The summed E-state index contributed by atoms with van der Waals surface area (Å²) in [4.78, 5) is 12.3. The van der Waals surface area contributed by atoms with Gasteiger partial charge in [0.25, 0.3) is 0 Å². The van der Waals surface area contributed by atoms with Crippen LogP contribution in [-0.2, 0) is 6.42 Å². The first-order valence-electron chi connectivity index (χ1n) is 6.84. The maximum absolute atomic E-state index is 12.3. The highest BCUT2D eigenvalue weighted by Crippen LogP contribution is 2.18. The number of methoxy groups -OCH3 is 1. The Bertz CT molecular complexity index is 594. The van der Waals surface area contributed by atoms with Gasteiger partial charge >= 0.3 is 0 Å². The van der Waals surface area contributed by atoms with Crippen LogP contribution in [0, 0.1) is 13.8 Å². The molecule has 0 heterocycles. The van der Waals surface area contributed by atoms with Crippen molar-refractivity contribution in [3.63, 3.8) is 0 Å². The molecule has 0 amide bonds. The van der Waals surface area contributed by atoms with Crippen molar-refractivity contribution in [1.29, 1.82) is 0 Å². The molecule has 0 aliphatic rings. The summed E-state index contributed by atoms with van der Waals surface area (Å²) in [5, 5.41) is 0. The Morgan fingerprint density at radius 3 is 2.35 bits per heavy atom. The summed E-state index contributed by atoms with van der Waals surface area (Å²) in [6, 6.07) is 13.6. The first-order chi connectivity index (χ1) is 9.61. The molecule has 0 radical (unpaired) electrons. The molecule has 0 saturated carbocycles. The van der Waals surface area contributed by atoms with Gasteiger partial charge in [-0.1, -0.05) is 30.3 Å². The van der Waals surface area contributed by atoms with Gasteiger partial charge in [-0.05, 0) is 49.1 Å². The lowest BCUT2D eigenvalue weighted by Gasteiger charge is -2.09. The first kappa shape index (κ1) is 14.3. The number of hydrogen-bond acceptors (Lipinski definition) is 2. The molecule has 0 spiro atoms. The van der Waals surface area contributed by atoms with E-state index in [1.165, 1.54) is 16.7 Å². The minimum Gasteiger partial charge on any atom is -0.497 e. The molecule has 0 aliphatic carbocycles. The third-order valence-electron chi connectivity index (χ3n) is 3.64. The number of benzene rings is 2. The highest BCUT2D eigenvalue weighted by Gasteiger charge is 2.09. The topological polar surface area (TPSA) is 26.3 Å². The molecule has 0 atom stereocenters. The second-order valence-corrected chi connectivity index (χ2v) is 5.03. The second-order valence-electron chi connectivity index (χ2n) is 5.03. The number of ketones is 1. The molecule has 0 saturated heterocycles. The van der Waals surface area contributed by atoms with Crippen LogP contribution >= 0.6 is 0 Å². The standard InChI is InChI=1S/C18H20O2/c1-13-6-4-7-14(2)17(13)10-11-18(19)15-8-5-9-16(12-15)20-3/h4-9,12H,10-11H2,1-3H3. The molecule has 2 nitrogen and oxygen atoms in total. The average Bonchev–Trinajstić information content (AvgIpc) is 2.46. The molecule has 2 aromatic rings. The van der Waals surface area contributed by atoms with Crippen LogP contribution < -0.4 is 4.74 Å². The molecule has 0 fully saturated rings. The lowest BCUT2D eigenvalue weighted by molar-refractivity contribution is 0.0982. The minimum atomic E-state index is 0.159. The number of hydrogen-bond donors (Lipinski definition) is 0. The number of carbonyl (C=O) groups is 1. The number of carbonyl (C=O) groups excluding carboxylic acids is 1. The van der Waals surface area contributed by atoms with E-state index in [1.807, 2.05) is 18.2 Å². The molecular weight excluding hydrogens is 248 g/mol. The van der Waals surface area contributed by atoms with Crippen molar-refractivity contribution >= 4 is 5.78 Å². The van der Waals surface area contributed by atoms with Crippen molar-refractivity contribution in [1.82, 2.24) is 0 Å². The number of aryl methyl sites for hydroxylation is 2. The van der Waals surface area contributed by atoms with E-state index in [2.05, 4.69) is 32.0 Å². The maximum Gasteiger partial charge on any atom is 0.163 e. The van der Waals surface area contributed by atoms with Crippen LogP contribution in [-0.4, -0.2) is 12.9 Å². The smallest absolute Gasteiger partial charge is 0.163 e. The van der Waals surface area contributed by atoms with Gasteiger partial charge in [0.1, 0.15) is 5.75 Å². The van der Waals surface area contributed by atoms with Gasteiger partial charge in [0.05, 0.1) is 7.11 Å². The number of rotatable bonds is 5. The van der Waals surface area contributed by atoms with Gasteiger partial charge in [0, 0.05) is 12.0 Å². The van der Waals surface area contributed by atoms with E-state index in [1.54, 1.807) is 13.2 Å². The lowest BCUT2D eigenvalue weighted by Crippen LogP contribution is -2.03. The maximum atomic E-state index is 12.3. The van der Waals surface area contributed by atoms with Crippen molar-refractivity contribution in [3.8, 4) is 5.75 Å². The largest absolute Gasteiger partial charge is 0.497 e. The fourth-order valence-electron chi connectivity index (χ4n) is 2.42. The van der Waals surface area contributed by atoms with Crippen molar-refractivity contribution in [2.24, 2.45) is 0 Å². The fraction of sp³-hybridized carbons (Fsp3) is 0.278. The molecular formula is C18H20O2. The molecule has 20 heavy (non-hydrogen) atoms. The van der Waals surface area contributed by atoms with E-state index in [4.69, 9.17) is 4.74 Å². The molecule has 2 aromatic carbocycles. The van der Waals surface area contributed by atoms with E-state index in [-0.39, 0.29) is 5.78 Å². The quantitative estimate of drug-likeness (QED) is 0.762. The SMILES string of the molecule is COc1cccc(C(=O)CCc2c(C)cccc2C)c1.